The van der Waals surface area contributed by atoms with Gasteiger partial charge < -0.3 is 4.90 Å². The molecule has 2 saturated heterocycles. The van der Waals surface area contributed by atoms with Crippen LogP contribution in [0.1, 0.15) is 71.1 Å². The maximum Gasteiger partial charge on any atom is 0.236 e. The molecule has 3 aliphatic rings. The summed E-state index contributed by atoms with van der Waals surface area (Å²) in [6.07, 6.45) is 13.2. The maximum absolute atomic E-state index is 12.9. The summed E-state index contributed by atoms with van der Waals surface area (Å²) in [6.45, 7) is 7.69. The molecular weight excluding hydrogens is 310 g/mol. The van der Waals surface area contributed by atoms with Crippen molar-refractivity contribution in [1.29, 1.82) is 0 Å². The Morgan fingerprint density at radius 1 is 0.920 bits per heavy atom. The van der Waals surface area contributed by atoms with Crippen molar-refractivity contribution in [1.82, 2.24) is 14.7 Å². The smallest absolute Gasteiger partial charge is 0.236 e. The third kappa shape index (κ3) is 5.19. The first-order valence-electron chi connectivity index (χ1n) is 10.9. The van der Waals surface area contributed by atoms with E-state index in [-0.39, 0.29) is 0 Å². The summed E-state index contributed by atoms with van der Waals surface area (Å²) in [6, 6.07) is 1.14. The van der Waals surface area contributed by atoms with Crippen molar-refractivity contribution in [3.8, 4) is 0 Å². The molecule has 0 aromatic carbocycles. The van der Waals surface area contributed by atoms with Crippen molar-refractivity contribution < 1.29 is 4.79 Å². The number of likely N-dealkylation sites (N-methyl/N-ethyl adjacent to an activating group) is 1. The Bertz CT molecular complexity index is 419. The van der Waals surface area contributed by atoms with Crippen molar-refractivity contribution in [2.45, 2.75) is 83.2 Å². The van der Waals surface area contributed by atoms with Crippen LogP contribution in [0.4, 0.5) is 0 Å². The number of nitrogens with zero attached hydrogens (tertiary/aromatic N) is 3. The SMILES string of the molecule is CC1CCCCC1N(C)C(=O)CN1CCCC(N2CCCCCC2)C1. The van der Waals surface area contributed by atoms with Gasteiger partial charge in [-0.1, -0.05) is 32.6 Å². The fourth-order valence-electron chi connectivity index (χ4n) is 5.29. The third-order valence-corrected chi connectivity index (χ3v) is 6.95. The molecule has 25 heavy (non-hydrogen) atoms. The van der Waals surface area contributed by atoms with Crippen LogP contribution in [0.2, 0.25) is 0 Å². The first-order chi connectivity index (χ1) is 12.1. The van der Waals surface area contributed by atoms with Gasteiger partial charge in [0.2, 0.25) is 5.91 Å². The molecule has 4 heteroatoms. The van der Waals surface area contributed by atoms with Gasteiger partial charge >= 0.3 is 0 Å². The van der Waals surface area contributed by atoms with Gasteiger partial charge in [-0.25, -0.2) is 0 Å². The second-order valence-electron chi connectivity index (χ2n) is 8.82. The predicted molar refractivity (Wildman–Crippen MR) is 104 cm³/mol. The van der Waals surface area contributed by atoms with Crippen molar-refractivity contribution in [3.05, 3.63) is 0 Å². The predicted octanol–water partition coefficient (Wildman–Crippen LogP) is 3.36. The Kier molecular flexibility index (Phi) is 7.18. The molecule has 0 aromatic heterocycles. The molecule has 1 amide bonds. The van der Waals surface area contributed by atoms with Crippen LogP contribution >= 0.6 is 0 Å². The van der Waals surface area contributed by atoms with Crippen LogP contribution in [0.15, 0.2) is 0 Å². The van der Waals surface area contributed by atoms with Crippen LogP contribution in [-0.2, 0) is 4.79 Å². The molecule has 2 heterocycles. The van der Waals surface area contributed by atoms with Gasteiger partial charge in [0.15, 0.2) is 0 Å². The third-order valence-electron chi connectivity index (χ3n) is 6.95. The summed E-state index contributed by atoms with van der Waals surface area (Å²) in [5.74, 6) is 1.00. The number of piperidine rings is 1. The number of rotatable bonds is 4. The van der Waals surface area contributed by atoms with Crippen LogP contribution < -0.4 is 0 Å². The van der Waals surface area contributed by atoms with E-state index in [0.29, 0.717) is 30.5 Å². The summed E-state index contributed by atoms with van der Waals surface area (Å²) < 4.78 is 0. The van der Waals surface area contributed by atoms with Crippen LogP contribution in [0.5, 0.6) is 0 Å². The van der Waals surface area contributed by atoms with Crippen LogP contribution in [0, 0.1) is 5.92 Å². The van der Waals surface area contributed by atoms with Crippen LogP contribution in [-0.4, -0.2) is 72.5 Å². The number of hydrogen-bond donors (Lipinski definition) is 0. The summed E-state index contributed by atoms with van der Waals surface area (Å²) >= 11 is 0. The summed E-state index contributed by atoms with van der Waals surface area (Å²) in [7, 11) is 2.05. The molecule has 3 unspecified atom stereocenters. The zero-order valence-corrected chi connectivity index (χ0v) is 16.6. The molecule has 0 N–H and O–H groups in total. The van der Waals surface area contributed by atoms with E-state index in [1.807, 2.05) is 7.05 Å². The zero-order chi connectivity index (χ0) is 17.6. The first-order valence-corrected chi connectivity index (χ1v) is 10.9. The minimum absolute atomic E-state index is 0.343. The molecule has 0 aromatic rings. The zero-order valence-electron chi connectivity index (χ0n) is 16.6. The lowest BCUT2D eigenvalue weighted by molar-refractivity contribution is -0.135. The molecular formula is C21H39N3O. The molecule has 0 spiro atoms. The molecule has 1 aliphatic carbocycles. The van der Waals surface area contributed by atoms with E-state index in [4.69, 9.17) is 0 Å². The van der Waals surface area contributed by atoms with E-state index >= 15 is 0 Å². The van der Waals surface area contributed by atoms with E-state index in [1.54, 1.807) is 0 Å². The van der Waals surface area contributed by atoms with Gasteiger partial charge in [0.05, 0.1) is 6.54 Å². The van der Waals surface area contributed by atoms with Gasteiger partial charge in [0, 0.05) is 25.7 Å². The Hall–Kier alpha value is -0.610. The largest absolute Gasteiger partial charge is 0.341 e. The quantitative estimate of drug-likeness (QED) is 0.779. The molecule has 1 saturated carbocycles. The number of carbonyl (C=O) groups excluding carboxylic acids is 1. The molecule has 3 rings (SSSR count). The standard InChI is InChI=1S/C21H39N3O/c1-18-10-5-6-12-20(18)22(2)21(25)17-23-13-9-11-19(16-23)24-14-7-3-4-8-15-24/h18-20H,3-17H2,1-2H3. The van der Waals surface area contributed by atoms with E-state index in [0.717, 1.165) is 13.1 Å². The van der Waals surface area contributed by atoms with Gasteiger partial charge in [-0.15, -0.1) is 0 Å². The first kappa shape index (κ1) is 19.2. The molecule has 0 bridgehead atoms. The lowest BCUT2D eigenvalue weighted by Crippen LogP contribution is -2.52. The van der Waals surface area contributed by atoms with Crippen molar-refractivity contribution in [2.75, 3.05) is 39.8 Å². The lowest BCUT2D eigenvalue weighted by Gasteiger charge is -2.41. The van der Waals surface area contributed by atoms with Gasteiger partial charge in [-0.2, -0.15) is 0 Å². The maximum atomic E-state index is 12.9. The molecule has 0 radical (unpaired) electrons. The fourth-order valence-corrected chi connectivity index (χ4v) is 5.29. The van der Waals surface area contributed by atoms with Crippen molar-refractivity contribution in [2.24, 2.45) is 5.92 Å². The monoisotopic (exact) mass is 349 g/mol. The van der Waals surface area contributed by atoms with Gasteiger partial charge in [0.25, 0.3) is 0 Å². The van der Waals surface area contributed by atoms with E-state index < -0.39 is 0 Å². The van der Waals surface area contributed by atoms with Gasteiger partial charge in [-0.05, 0) is 64.1 Å². The number of likely N-dealkylation sites (tertiary alicyclic amines) is 2. The highest BCUT2D eigenvalue weighted by molar-refractivity contribution is 5.78. The highest BCUT2D eigenvalue weighted by Crippen LogP contribution is 2.27. The number of carbonyl (C=O) groups is 1. The minimum Gasteiger partial charge on any atom is -0.341 e. The van der Waals surface area contributed by atoms with Gasteiger partial charge in [-0.3, -0.25) is 14.6 Å². The summed E-state index contributed by atoms with van der Waals surface area (Å²) in [5.41, 5.74) is 0. The van der Waals surface area contributed by atoms with Crippen molar-refractivity contribution in [3.63, 3.8) is 0 Å². The lowest BCUT2D eigenvalue weighted by atomic mass is 9.85. The highest BCUT2D eigenvalue weighted by atomic mass is 16.2. The highest BCUT2D eigenvalue weighted by Gasteiger charge is 2.31. The Labute approximate surface area is 154 Å². The van der Waals surface area contributed by atoms with Gasteiger partial charge in [0.1, 0.15) is 0 Å². The molecule has 3 fully saturated rings. The van der Waals surface area contributed by atoms with E-state index in [1.165, 1.54) is 77.3 Å². The number of amides is 1. The second kappa shape index (κ2) is 9.36. The number of hydrogen-bond acceptors (Lipinski definition) is 3. The Morgan fingerprint density at radius 2 is 1.64 bits per heavy atom. The normalized spacial score (nSPS) is 33.0. The average molecular weight is 350 g/mol. The van der Waals surface area contributed by atoms with Crippen molar-refractivity contribution >= 4 is 5.91 Å². The fraction of sp³-hybridized carbons (Fsp3) is 0.952. The molecule has 144 valence electrons. The molecule has 2 aliphatic heterocycles. The van der Waals surface area contributed by atoms with E-state index in [9.17, 15) is 4.79 Å². The molecule has 3 atom stereocenters. The summed E-state index contributed by atoms with van der Waals surface area (Å²) in [5, 5.41) is 0. The van der Waals surface area contributed by atoms with E-state index in [2.05, 4.69) is 21.6 Å². The summed E-state index contributed by atoms with van der Waals surface area (Å²) in [4.78, 5) is 20.1. The Morgan fingerprint density at radius 3 is 2.36 bits per heavy atom. The Balaban J connectivity index is 1.50. The molecule has 4 nitrogen and oxygen atoms in total. The van der Waals surface area contributed by atoms with Crippen LogP contribution in [0.25, 0.3) is 0 Å². The average Bonchev–Trinajstić information content (AvgIpc) is 2.91. The topological polar surface area (TPSA) is 26.8 Å². The second-order valence-corrected chi connectivity index (χ2v) is 8.82. The van der Waals surface area contributed by atoms with Crippen LogP contribution in [0.3, 0.4) is 0 Å². The minimum atomic E-state index is 0.343.